The number of carbonyl (C=O) groups excluding carboxylic acids is 1. The lowest BCUT2D eigenvalue weighted by Crippen LogP contribution is -2.40. The van der Waals surface area contributed by atoms with E-state index in [2.05, 4.69) is 0 Å². The third-order valence-corrected chi connectivity index (χ3v) is 8.30. The van der Waals surface area contributed by atoms with Gasteiger partial charge in [-0.05, 0) is 55.8 Å². The molecule has 5 rings (SSSR count). The molecule has 4 aromatic rings. The van der Waals surface area contributed by atoms with Crippen LogP contribution in [0.5, 0.6) is 11.5 Å². The zero-order valence-corrected chi connectivity index (χ0v) is 26.0. The Kier molecular flexibility index (Phi) is 9.07. The van der Waals surface area contributed by atoms with Gasteiger partial charge in [0.25, 0.3) is 5.56 Å². The number of halogens is 1. The molecule has 0 saturated heterocycles. The van der Waals surface area contributed by atoms with Crippen LogP contribution in [0.1, 0.15) is 54.4 Å². The predicted molar refractivity (Wildman–Crippen MR) is 165 cm³/mol. The van der Waals surface area contributed by atoms with Gasteiger partial charge in [-0.15, -0.1) is 0 Å². The molecule has 1 atom stereocenters. The largest absolute Gasteiger partial charge is 0.497 e. The lowest BCUT2D eigenvalue weighted by atomic mass is 9.93. The first-order valence-electron chi connectivity index (χ1n) is 13.8. The van der Waals surface area contributed by atoms with Gasteiger partial charge in [0.2, 0.25) is 0 Å². The number of rotatable bonds is 10. The van der Waals surface area contributed by atoms with Crippen LogP contribution in [-0.4, -0.2) is 42.4 Å². The van der Waals surface area contributed by atoms with Gasteiger partial charge in [-0.3, -0.25) is 9.36 Å². The number of hydrogen-bond acceptors (Lipinski definition) is 9. The summed E-state index contributed by atoms with van der Waals surface area (Å²) >= 11 is 7.32. The normalized spacial score (nSPS) is 14.7. The van der Waals surface area contributed by atoms with Crippen molar-refractivity contribution in [1.82, 2.24) is 4.57 Å². The highest BCUT2D eigenvalue weighted by atomic mass is 35.5. The van der Waals surface area contributed by atoms with Crippen molar-refractivity contribution in [3.63, 3.8) is 0 Å². The first-order chi connectivity index (χ1) is 21.2. The molecule has 2 aromatic heterocycles. The minimum absolute atomic E-state index is 0.0184. The van der Waals surface area contributed by atoms with Crippen LogP contribution in [0.4, 0.5) is 0 Å². The Morgan fingerprint density at radius 3 is 2.57 bits per heavy atom. The summed E-state index contributed by atoms with van der Waals surface area (Å²) in [4.78, 5) is 44.1. The topological polar surface area (TPSA) is 130 Å². The molecule has 1 N–H and O–H groups in total. The maximum Gasteiger partial charge on any atom is 0.338 e. The Morgan fingerprint density at radius 1 is 1.11 bits per heavy atom. The van der Waals surface area contributed by atoms with Gasteiger partial charge >= 0.3 is 11.9 Å². The third-order valence-electron chi connectivity index (χ3n) is 7.01. The molecule has 0 bridgehead atoms. The Labute approximate surface area is 261 Å². The molecule has 0 aliphatic carbocycles. The van der Waals surface area contributed by atoms with Gasteiger partial charge in [0, 0.05) is 17.2 Å². The van der Waals surface area contributed by atoms with Crippen molar-refractivity contribution in [2.75, 3.05) is 20.8 Å². The van der Waals surface area contributed by atoms with Crippen molar-refractivity contribution < 1.29 is 33.3 Å². The average molecular weight is 637 g/mol. The predicted octanol–water partition coefficient (Wildman–Crippen LogP) is 5.21. The average Bonchev–Trinajstić information content (AvgIpc) is 3.60. The molecular formula is C32H29ClN2O8S. The van der Waals surface area contributed by atoms with Crippen LogP contribution in [-0.2, 0) is 9.53 Å². The molecule has 0 amide bonds. The summed E-state index contributed by atoms with van der Waals surface area (Å²) < 4.78 is 24.4. The zero-order valence-electron chi connectivity index (χ0n) is 24.4. The fraction of sp³-hybridized carbons (Fsp3) is 0.250. The first-order valence-corrected chi connectivity index (χ1v) is 15.0. The minimum Gasteiger partial charge on any atom is -0.497 e. The second kappa shape index (κ2) is 12.9. The zero-order chi connectivity index (χ0) is 31.5. The standard InChI is InChI=1S/C32H29ClN2O8S/c1-5-7-23-27(31(39)42-6-2)28(21-15-18(40-3)9-13-25(21)41-4)35-29(36)26(44-32(35)34-23)16-19-10-12-24(43-19)17-8-11-20(30(37)38)22(33)14-17/h8-16,28H,5-7H2,1-4H3,(H,37,38)/b26-16-/t28-/m0/s1. The molecule has 0 fully saturated rings. The Morgan fingerprint density at radius 2 is 1.91 bits per heavy atom. The maximum atomic E-state index is 14.1. The number of benzene rings is 2. The molecule has 0 spiro atoms. The van der Waals surface area contributed by atoms with E-state index in [0.717, 1.165) is 0 Å². The van der Waals surface area contributed by atoms with E-state index in [1.54, 1.807) is 49.4 Å². The molecule has 10 nitrogen and oxygen atoms in total. The van der Waals surface area contributed by atoms with Crippen molar-refractivity contribution in [3.8, 4) is 22.8 Å². The van der Waals surface area contributed by atoms with Gasteiger partial charge in [0.15, 0.2) is 4.80 Å². The van der Waals surface area contributed by atoms with Gasteiger partial charge in [0.1, 0.15) is 29.1 Å². The number of allylic oxidation sites excluding steroid dienone is 1. The molecular weight excluding hydrogens is 608 g/mol. The second-order valence-electron chi connectivity index (χ2n) is 9.72. The number of carboxylic acid groups (broad SMARTS) is 1. The molecule has 3 heterocycles. The number of methoxy groups -OCH3 is 2. The number of carboxylic acids is 1. The van der Waals surface area contributed by atoms with Crippen molar-refractivity contribution in [2.24, 2.45) is 4.99 Å². The number of esters is 1. The molecule has 2 aromatic carbocycles. The van der Waals surface area contributed by atoms with Crippen molar-refractivity contribution in [1.29, 1.82) is 0 Å². The molecule has 1 aliphatic heterocycles. The molecule has 228 valence electrons. The number of furan rings is 1. The quantitative estimate of drug-likeness (QED) is 0.235. The van der Waals surface area contributed by atoms with Crippen LogP contribution in [0.3, 0.4) is 0 Å². The number of nitrogens with zero attached hydrogens (tertiary/aromatic N) is 2. The minimum atomic E-state index is -1.13. The summed E-state index contributed by atoms with van der Waals surface area (Å²) in [6, 6.07) is 12.2. The van der Waals surface area contributed by atoms with E-state index in [1.165, 1.54) is 42.3 Å². The van der Waals surface area contributed by atoms with Crippen LogP contribution in [0.15, 0.2) is 74.0 Å². The number of carbonyl (C=O) groups is 2. The molecule has 0 radical (unpaired) electrons. The van der Waals surface area contributed by atoms with Gasteiger partial charge < -0.3 is 23.7 Å². The van der Waals surface area contributed by atoms with E-state index in [4.69, 9.17) is 35.2 Å². The maximum absolute atomic E-state index is 14.1. The Balaban J connectivity index is 1.68. The van der Waals surface area contributed by atoms with Gasteiger partial charge in [0.05, 0.1) is 47.2 Å². The first kappa shape index (κ1) is 30.8. The summed E-state index contributed by atoms with van der Waals surface area (Å²) in [6.07, 6.45) is 2.81. The van der Waals surface area contributed by atoms with Crippen LogP contribution >= 0.6 is 22.9 Å². The highest BCUT2D eigenvalue weighted by molar-refractivity contribution is 7.07. The van der Waals surface area contributed by atoms with E-state index in [0.29, 0.717) is 62.0 Å². The summed E-state index contributed by atoms with van der Waals surface area (Å²) in [5.74, 6) is 0.129. The van der Waals surface area contributed by atoms with Crippen molar-refractivity contribution in [2.45, 2.75) is 32.7 Å². The molecule has 44 heavy (non-hydrogen) atoms. The summed E-state index contributed by atoms with van der Waals surface area (Å²) in [7, 11) is 3.06. The van der Waals surface area contributed by atoms with E-state index >= 15 is 0 Å². The summed E-state index contributed by atoms with van der Waals surface area (Å²) in [5.41, 5.74) is 1.53. The second-order valence-corrected chi connectivity index (χ2v) is 11.1. The number of hydrogen-bond donors (Lipinski definition) is 1. The Hall–Kier alpha value is -4.61. The van der Waals surface area contributed by atoms with Crippen LogP contribution in [0.25, 0.3) is 17.4 Å². The fourth-order valence-electron chi connectivity index (χ4n) is 5.02. The van der Waals surface area contributed by atoms with Gasteiger partial charge in [-0.1, -0.05) is 42.3 Å². The van der Waals surface area contributed by atoms with Crippen LogP contribution in [0.2, 0.25) is 5.02 Å². The molecule has 0 saturated carbocycles. The fourth-order valence-corrected chi connectivity index (χ4v) is 6.29. The van der Waals surface area contributed by atoms with E-state index in [-0.39, 0.29) is 28.3 Å². The van der Waals surface area contributed by atoms with E-state index in [9.17, 15) is 19.5 Å². The summed E-state index contributed by atoms with van der Waals surface area (Å²) in [5, 5.41) is 9.34. The van der Waals surface area contributed by atoms with E-state index in [1.807, 2.05) is 6.92 Å². The number of aromatic carboxylic acids is 1. The number of fused-ring (bicyclic) bond motifs is 1. The summed E-state index contributed by atoms with van der Waals surface area (Å²) in [6.45, 7) is 3.86. The lowest BCUT2D eigenvalue weighted by Gasteiger charge is -2.27. The SMILES string of the molecule is CCCC1=C(C(=O)OCC)[C@H](c2cc(OC)ccc2OC)n2c(s/c(=C\c3ccc(-c4ccc(C(=O)O)c(Cl)c4)o3)c2=O)=N1. The number of aromatic nitrogens is 1. The van der Waals surface area contributed by atoms with Crippen LogP contribution < -0.4 is 24.4 Å². The molecule has 12 heteroatoms. The van der Waals surface area contributed by atoms with E-state index < -0.39 is 18.0 Å². The van der Waals surface area contributed by atoms with Gasteiger partial charge in [-0.2, -0.15) is 0 Å². The van der Waals surface area contributed by atoms with Crippen molar-refractivity contribution >= 4 is 41.0 Å². The number of ether oxygens (including phenoxy) is 3. The molecule has 1 aliphatic rings. The van der Waals surface area contributed by atoms with Crippen molar-refractivity contribution in [3.05, 3.63) is 101 Å². The Bertz CT molecular complexity index is 1970. The lowest BCUT2D eigenvalue weighted by molar-refractivity contribution is -0.139. The molecule has 0 unspecified atom stereocenters. The number of thiazole rings is 1. The highest BCUT2D eigenvalue weighted by Gasteiger charge is 2.36. The van der Waals surface area contributed by atoms with Gasteiger partial charge in [-0.25, -0.2) is 14.6 Å². The highest BCUT2D eigenvalue weighted by Crippen LogP contribution is 2.39. The third kappa shape index (κ3) is 5.80. The van der Waals surface area contributed by atoms with Crippen LogP contribution in [0, 0.1) is 0 Å². The smallest absolute Gasteiger partial charge is 0.338 e. The monoisotopic (exact) mass is 636 g/mol.